The summed E-state index contributed by atoms with van der Waals surface area (Å²) in [5.41, 5.74) is 10.4. The molecule has 9 heteroatoms. The highest BCUT2D eigenvalue weighted by molar-refractivity contribution is 7.89. The third-order valence-corrected chi connectivity index (χ3v) is 7.96. The molecule has 0 bridgehead atoms. The average molecular weight is 463 g/mol. The van der Waals surface area contributed by atoms with Gasteiger partial charge in [0.15, 0.2) is 5.95 Å². The number of aromatic nitrogens is 3. The van der Waals surface area contributed by atoms with Gasteiger partial charge in [-0.25, -0.2) is 18.4 Å². The number of fused-ring (bicyclic) bond motifs is 1. The Bertz CT molecular complexity index is 1370. The minimum atomic E-state index is -3.54. The number of nitrogens with zero attached hydrogens (tertiary/aromatic N) is 3. The van der Waals surface area contributed by atoms with E-state index in [-0.39, 0.29) is 6.04 Å². The van der Waals surface area contributed by atoms with E-state index in [1.807, 2.05) is 55.6 Å². The number of nitrogens with two attached hydrogens (primary N) is 1. The molecule has 0 radical (unpaired) electrons. The van der Waals surface area contributed by atoms with Crippen LogP contribution in [0.5, 0.6) is 0 Å². The number of nitrogen functional groups attached to an aromatic ring is 1. The molecule has 1 aliphatic heterocycles. The lowest BCUT2D eigenvalue weighted by molar-refractivity contribution is 0.329. The molecular weight excluding hydrogens is 436 g/mol. The van der Waals surface area contributed by atoms with Crippen molar-refractivity contribution in [2.75, 3.05) is 24.1 Å². The molecule has 4 aromatic rings. The number of anilines is 2. The van der Waals surface area contributed by atoms with Crippen LogP contribution in [0.4, 0.5) is 11.8 Å². The largest absolute Gasteiger partial charge is 0.369 e. The van der Waals surface area contributed by atoms with Crippen molar-refractivity contribution >= 4 is 32.8 Å². The van der Waals surface area contributed by atoms with Crippen molar-refractivity contribution in [3.05, 3.63) is 66.4 Å². The second-order valence-corrected chi connectivity index (χ2v) is 10.4. The highest BCUT2D eigenvalue weighted by atomic mass is 32.2. The molecule has 8 nitrogen and oxygen atoms in total. The Morgan fingerprint density at radius 1 is 1.03 bits per heavy atom. The van der Waals surface area contributed by atoms with E-state index >= 15 is 0 Å². The first kappa shape index (κ1) is 21.4. The number of rotatable bonds is 5. The van der Waals surface area contributed by atoms with Crippen molar-refractivity contribution < 1.29 is 8.42 Å². The van der Waals surface area contributed by atoms with E-state index in [4.69, 9.17) is 5.73 Å². The number of imidazole rings is 1. The van der Waals surface area contributed by atoms with Gasteiger partial charge in [0.05, 0.1) is 15.9 Å². The molecule has 2 aromatic carbocycles. The Morgan fingerprint density at radius 2 is 1.76 bits per heavy atom. The second kappa shape index (κ2) is 8.49. The Hall–Kier alpha value is -3.43. The quantitative estimate of drug-likeness (QED) is 0.416. The summed E-state index contributed by atoms with van der Waals surface area (Å²) in [5, 5.41) is 3.41. The monoisotopic (exact) mass is 462 g/mol. The van der Waals surface area contributed by atoms with Crippen LogP contribution in [0.25, 0.3) is 22.2 Å². The minimum absolute atomic E-state index is 0.209. The van der Waals surface area contributed by atoms with Gasteiger partial charge in [-0.1, -0.05) is 24.3 Å². The Kier molecular flexibility index (Phi) is 5.51. The van der Waals surface area contributed by atoms with Gasteiger partial charge < -0.3 is 16.0 Å². The summed E-state index contributed by atoms with van der Waals surface area (Å²) < 4.78 is 27.9. The molecule has 170 valence electrons. The Morgan fingerprint density at radius 3 is 2.45 bits per heavy atom. The zero-order chi connectivity index (χ0) is 23.0. The van der Waals surface area contributed by atoms with Crippen LogP contribution < -0.4 is 11.1 Å². The summed E-state index contributed by atoms with van der Waals surface area (Å²) in [5.74, 6) is 1.20. The van der Waals surface area contributed by atoms with Crippen LogP contribution in [0.15, 0.2) is 65.7 Å². The number of pyridine rings is 1. The van der Waals surface area contributed by atoms with Crippen molar-refractivity contribution in [3.8, 4) is 11.1 Å². The van der Waals surface area contributed by atoms with Crippen LogP contribution in [-0.2, 0) is 10.0 Å². The SMILES string of the molecule is Cc1ccc(NC2CCN(S(=O)(=O)c3ccc(-c4ccc5nc(N)[nH]c5c4)cc3)CC2)nc1. The summed E-state index contributed by atoms with van der Waals surface area (Å²) in [6, 6.07) is 17.0. The molecule has 4 N–H and O–H groups in total. The van der Waals surface area contributed by atoms with E-state index in [1.54, 1.807) is 16.4 Å². The summed E-state index contributed by atoms with van der Waals surface area (Å²) in [4.78, 5) is 11.9. The maximum absolute atomic E-state index is 13.2. The normalized spacial score (nSPS) is 15.7. The fourth-order valence-electron chi connectivity index (χ4n) is 4.18. The molecule has 0 unspecified atom stereocenters. The van der Waals surface area contributed by atoms with E-state index in [0.29, 0.717) is 23.9 Å². The number of hydrogen-bond donors (Lipinski definition) is 3. The van der Waals surface area contributed by atoms with Gasteiger partial charge in [0.2, 0.25) is 10.0 Å². The molecule has 1 saturated heterocycles. The van der Waals surface area contributed by atoms with Crippen molar-refractivity contribution in [2.24, 2.45) is 0 Å². The number of sulfonamides is 1. The number of benzene rings is 2. The van der Waals surface area contributed by atoms with Gasteiger partial charge in [-0.2, -0.15) is 4.31 Å². The molecule has 1 fully saturated rings. The first-order valence-electron chi connectivity index (χ1n) is 10.9. The van der Waals surface area contributed by atoms with Gasteiger partial charge in [0.1, 0.15) is 5.82 Å². The molecule has 33 heavy (non-hydrogen) atoms. The average Bonchev–Trinajstić information content (AvgIpc) is 3.20. The molecule has 0 spiro atoms. The van der Waals surface area contributed by atoms with Crippen LogP contribution in [0, 0.1) is 6.92 Å². The molecule has 0 aliphatic carbocycles. The zero-order valence-electron chi connectivity index (χ0n) is 18.3. The van der Waals surface area contributed by atoms with Crippen LogP contribution in [0.3, 0.4) is 0 Å². The molecule has 2 aromatic heterocycles. The number of aryl methyl sites for hydroxylation is 1. The standard InChI is InChI=1S/C24H26N6O2S/c1-16-2-9-23(26-15-16)27-19-10-12-30(13-11-19)33(31,32)20-6-3-17(4-7-20)18-5-8-21-22(14-18)29-24(25)28-21/h2-9,14-15,19H,10-13H2,1H3,(H,26,27)(H3,25,28,29). The van der Waals surface area contributed by atoms with E-state index in [1.165, 1.54) is 0 Å². The topological polar surface area (TPSA) is 117 Å². The van der Waals surface area contributed by atoms with Gasteiger partial charge >= 0.3 is 0 Å². The van der Waals surface area contributed by atoms with Gasteiger partial charge in [-0.3, -0.25) is 0 Å². The lowest BCUT2D eigenvalue weighted by Gasteiger charge is -2.32. The lowest BCUT2D eigenvalue weighted by Crippen LogP contribution is -2.42. The van der Waals surface area contributed by atoms with Crippen LogP contribution in [0.2, 0.25) is 0 Å². The predicted octanol–water partition coefficient (Wildman–Crippen LogP) is 3.78. The van der Waals surface area contributed by atoms with E-state index < -0.39 is 10.0 Å². The van der Waals surface area contributed by atoms with Crippen LogP contribution >= 0.6 is 0 Å². The van der Waals surface area contributed by atoms with Gasteiger partial charge in [0, 0.05) is 25.3 Å². The molecule has 0 atom stereocenters. The number of aromatic amines is 1. The summed E-state index contributed by atoms with van der Waals surface area (Å²) in [6.07, 6.45) is 3.30. The minimum Gasteiger partial charge on any atom is -0.369 e. The van der Waals surface area contributed by atoms with Crippen molar-refractivity contribution in [1.29, 1.82) is 0 Å². The Labute approximate surface area is 192 Å². The molecule has 1 aliphatic rings. The van der Waals surface area contributed by atoms with Crippen LogP contribution in [0.1, 0.15) is 18.4 Å². The maximum atomic E-state index is 13.2. The smallest absolute Gasteiger partial charge is 0.243 e. The van der Waals surface area contributed by atoms with Crippen molar-refractivity contribution in [1.82, 2.24) is 19.3 Å². The van der Waals surface area contributed by atoms with Crippen LogP contribution in [-0.4, -0.2) is 46.8 Å². The highest BCUT2D eigenvalue weighted by Gasteiger charge is 2.29. The predicted molar refractivity (Wildman–Crippen MR) is 130 cm³/mol. The fourth-order valence-corrected chi connectivity index (χ4v) is 5.65. The summed E-state index contributed by atoms with van der Waals surface area (Å²) >= 11 is 0. The molecule has 5 rings (SSSR count). The number of nitrogens with one attached hydrogen (secondary N) is 2. The first-order valence-corrected chi connectivity index (χ1v) is 12.4. The third kappa shape index (κ3) is 4.42. The van der Waals surface area contributed by atoms with Gasteiger partial charge in [-0.15, -0.1) is 0 Å². The Balaban J connectivity index is 1.26. The summed E-state index contributed by atoms with van der Waals surface area (Å²) in [6.45, 7) is 2.96. The molecular formula is C24H26N6O2S. The molecule has 3 heterocycles. The maximum Gasteiger partial charge on any atom is 0.243 e. The zero-order valence-corrected chi connectivity index (χ0v) is 19.1. The molecule has 0 saturated carbocycles. The third-order valence-electron chi connectivity index (χ3n) is 6.04. The molecule has 0 amide bonds. The second-order valence-electron chi connectivity index (χ2n) is 8.42. The highest BCUT2D eigenvalue weighted by Crippen LogP contribution is 2.27. The number of piperidine rings is 1. The van der Waals surface area contributed by atoms with E-state index in [9.17, 15) is 8.42 Å². The fraction of sp³-hybridized carbons (Fsp3) is 0.250. The lowest BCUT2D eigenvalue weighted by atomic mass is 10.1. The summed E-state index contributed by atoms with van der Waals surface area (Å²) in [7, 11) is -3.54. The first-order chi connectivity index (χ1) is 15.9. The van der Waals surface area contributed by atoms with Gasteiger partial charge in [0.25, 0.3) is 0 Å². The van der Waals surface area contributed by atoms with Crippen molar-refractivity contribution in [2.45, 2.75) is 30.7 Å². The number of hydrogen-bond acceptors (Lipinski definition) is 6. The van der Waals surface area contributed by atoms with Crippen molar-refractivity contribution in [3.63, 3.8) is 0 Å². The van der Waals surface area contributed by atoms with Gasteiger partial charge in [-0.05, 0) is 66.8 Å². The van der Waals surface area contributed by atoms with E-state index in [0.717, 1.165) is 46.4 Å². The number of H-pyrrole nitrogens is 1. The van der Waals surface area contributed by atoms with E-state index in [2.05, 4.69) is 20.3 Å².